The number of halogens is 1. The normalized spacial score (nSPS) is 10.1. The largest absolute Gasteiger partial charge is 0.351 e. The second-order valence-electron chi connectivity index (χ2n) is 3.67. The van der Waals surface area contributed by atoms with Gasteiger partial charge in [-0.15, -0.1) is 11.6 Å². The van der Waals surface area contributed by atoms with E-state index in [1.54, 1.807) is 6.20 Å². The number of nitrogens with zero attached hydrogens (tertiary/aromatic N) is 1. The van der Waals surface area contributed by atoms with Crippen molar-refractivity contribution in [1.82, 2.24) is 10.3 Å². The van der Waals surface area contributed by atoms with Crippen LogP contribution in [0, 0.1) is 6.92 Å². The summed E-state index contributed by atoms with van der Waals surface area (Å²) >= 11 is 5.56. The first-order chi connectivity index (χ1) is 7.75. The Morgan fingerprint density at radius 1 is 1.44 bits per heavy atom. The van der Waals surface area contributed by atoms with Crippen LogP contribution in [0.5, 0.6) is 0 Å². The summed E-state index contributed by atoms with van der Waals surface area (Å²) in [5.41, 5.74) is 1.42. The topological polar surface area (TPSA) is 42.0 Å². The van der Waals surface area contributed by atoms with Crippen LogP contribution in [0.2, 0.25) is 0 Å². The quantitative estimate of drug-likeness (QED) is 0.613. The van der Waals surface area contributed by atoms with Crippen molar-refractivity contribution in [1.29, 1.82) is 0 Å². The molecule has 3 nitrogen and oxygen atoms in total. The fourth-order valence-corrected chi connectivity index (χ4v) is 1.59. The summed E-state index contributed by atoms with van der Waals surface area (Å²) in [6, 6.07) is 3.71. The third kappa shape index (κ3) is 4.19. The lowest BCUT2D eigenvalue weighted by Gasteiger charge is -2.05. The molecule has 0 aromatic carbocycles. The number of nitrogens with one attached hydrogen (secondary N) is 1. The third-order valence-corrected chi connectivity index (χ3v) is 2.59. The molecule has 0 aliphatic carbocycles. The Balaban J connectivity index is 2.33. The summed E-state index contributed by atoms with van der Waals surface area (Å²) in [6.45, 7) is 2.57. The van der Waals surface area contributed by atoms with Crippen molar-refractivity contribution in [2.24, 2.45) is 0 Å². The number of hydrogen-bond acceptors (Lipinski definition) is 2. The molecule has 0 aliphatic rings. The molecule has 0 spiro atoms. The van der Waals surface area contributed by atoms with Crippen LogP contribution < -0.4 is 5.32 Å². The first-order valence-corrected chi connectivity index (χ1v) is 6.05. The molecule has 0 saturated heterocycles. The maximum atomic E-state index is 11.7. The molecule has 1 heterocycles. The van der Waals surface area contributed by atoms with Crippen molar-refractivity contribution in [3.05, 3.63) is 29.6 Å². The van der Waals surface area contributed by atoms with E-state index in [-0.39, 0.29) is 5.91 Å². The molecule has 0 radical (unpaired) electrons. The van der Waals surface area contributed by atoms with Gasteiger partial charge in [0.1, 0.15) is 5.69 Å². The van der Waals surface area contributed by atoms with Gasteiger partial charge in [0.05, 0.1) is 0 Å². The molecular weight excluding hydrogens is 224 g/mol. The van der Waals surface area contributed by atoms with E-state index >= 15 is 0 Å². The number of unbranched alkanes of at least 4 members (excludes halogenated alkanes) is 2. The Morgan fingerprint density at radius 2 is 2.25 bits per heavy atom. The SMILES string of the molecule is Cc1cccnc1C(=O)NCCCCCCl. The molecule has 1 aromatic rings. The highest BCUT2D eigenvalue weighted by molar-refractivity contribution is 6.17. The highest BCUT2D eigenvalue weighted by Crippen LogP contribution is 2.03. The van der Waals surface area contributed by atoms with Gasteiger partial charge < -0.3 is 5.32 Å². The van der Waals surface area contributed by atoms with Crippen LogP contribution in [0.3, 0.4) is 0 Å². The summed E-state index contributed by atoms with van der Waals surface area (Å²) in [4.78, 5) is 15.8. The van der Waals surface area contributed by atoms with E-state index in [9.17, 15) is 4.79 Å². The van der Waals surface area contributed by atoms with Gasteiger partial charge in [0.25, 0.3) is 5.91 Å². The van der Waals surface area contributed by atoms with E-state index in [2.05, 4.69) is 10.3 Å². The fourth-order valence-electron chi connectivity index (χ4n) is 1.41. The van der Waals surface area contributed by atoms with Crippen LogP contribution in [-0.2, 0) is 0 Å². The Hall–Kier alpha value is -1.09. The lowest BCUT2D eigenvalue weighted by molar-refractivity contribution is 0.0947. The first-order valence-electron chi connectivity index (χ1n) is 5.51. The van der Waals surface area contributed by atoms with Gasteiger partial charge >= 0.3 is 0 Å². The van der Waals surface area contributed by atoms with Gasteiger partial charge in [-0.3, -0.25) is 9.78 Å². The maximum absolute atomic E-state index is 11.7. The predicted octanol–water partition coefficient (Wildman–Crippen LogP) is 2.53. The van der Waals surface area contributed by atoms with E-state index in [1.165, 1.54) is 0 Å². The number of aromatic nitrogens is 1. The standard InChI is InChI=1S/C12H17ClN2O/c1-10-6-5-9-14-11(10)12(16)15-8-4-2-3-7-13/h5-6,9H,2-4,7-8H2,1H3,(H,15,16). The minimum atomic E-state index is -0.0935. The lowest BCUT2D eigenvalue weighted by Crippen LogP contribution is -2.26. The second-order valence-corrected chi connectivity index (χ2v) is 4.05. The summed E-state index contributed by atoms with van der Waals surface area (Å²) in [7, 11) is 0. The molecule has 1 amide bonds. The van der Waals surface area contributed by atoms with Gasteiger partial charge in [-0.25, -0.2) is 0 Å². The molecule has 1 N–H and O–H groups in total. The smallest absolute Gasteiger partial charge is 0.270 e. The van der Waals surface area contributed by atoms with Gasteiger partial charge in [0.15, 0.2) is 0 Å². The van der Waals surface area contributed by atoms with Gasteiger partial charge in [-0.05, 0) is 31.4 Å². The third-order valence-electron chi connectivity index (χ3n) is 2.32. The zero-order chi connectivity index (χ0) is 11.8. The number of aryl methyl sites for hydroxylation is 1. The van der Waals surface area contributed by atoms with E-state index in [0.29, 0.717) is 18.1 Å². The number of amides is 1. The second kappa shape index (κ2) is 7.23. The summed E-state index contributed by atoms with van der Waals surface area (Å²) in [5.74, 6) is 0.594. The number of hydrogen-bond donors (Lipinski definition) is 1. The highest BCUT2D eigenvalue weighted by Gasteiger charge is 2.08. The zero-order valence-electron chi connectivity index (χ0n) is 9.50. The molecule has 0 atom stereocenters. The van der Waals surface area contributed by atoms with Crippen molar-refractivity contribution >= 4 is 17.5 Å². The molecule has 1 rings (SSSR count). The number of rotatable bonds is 6. The minimum Gasteiger partial charge on any atom is -0.351 e. The van der Waals surface area contributed by atoms with Crippen LogP contribution in [-0.4, -0.2) is 23.3 Å². The van der Waals surface area contributed by atoms with E-state index in [0.717, 1.165) is 24.8 Å². The van der Waals surface area contributed by atoms with E-state index < -0.39 is 0 Å². The van der Waals surface area contributed by atoms with Gasteiger partial charge in [-0.2, -0.15) is 0 Å². The van der Waals surface area contributed by atoms with Gasteiger partial charge in [-0.1, -0.05) is 12.5 Å². The zero-order valence-corrected chi connectivity index (χ0v) is 10.3. The number of pyridine rings is 1. The summed E-state index contributed by atoms with van der Waals surface area (Å²) < 4.78 is 0. The Morgan fingerprint density at radius 3 is 2.94 bits per heavy atom. The number of alkyl halides is 1. The molecule has 16 heavy (non-hydrogen) atoms. The van der Waals surface area contributed by atoms with Gasteiger partial charge in [0, 0.05) is 18.6 Å². The highest BCUT2D eigenvalue weighted by atomic mass is 35.5. The minimum absolute atomic E-state index is 0.0935. The van der Waals surface area contributed by atoms with Gasteiger partial charge in [0.2, 0.25) is 0 Å². The van der Waals surface area contributed by atoms with Crippen LogP contribution in [0.15, 0.2) is 18.3 Å². The van der Waals surface area contributed by atoms with Crippen LogP contribution >= 0.6 is 11.6 Å². The summed E-state index contributed by atoms with van der Waals surface area (Å²) in [6.07, 6.45) is 4.64. The molecule has 4 heteroatoms. The average molecular weight is 241 g/mol. The van der Waals surface area contributed by atoms with Crippen molar-refractivity contribution in [3.63, 3.8) is 0 Å². The molecule has 0 unspecified atom stereocenters. The van der Waals surface area contributed by atoms with Crippen LogP contribution in [0.25, 0.3) is 0 Å². The molecular formula is C12H17ClN2O. The van der Waals surface area contributed by atoms with Crippen LogP contribution in [0.4, 0.5) is 0 Å². The van der Waals surface area contributed by atoms with E-state index in [1.807, 2.05) is 19.1 Å². The average Bonchev–Trinajstić information content (AvgIpc) is 2.29. The van der Waals surface area contributed by atoms with Crippen LogP contribution in [0.1, 0.15) is 35.3 Å². The molecule has 0 bridgehead atoms. The molecule has 0 aliphatic heterocycles. The predicted molar refractivity (Wildman–Crippen MR) is 65.9 cm³/mol. The summed E-state index contributed by atoms with van der Waals surface area (Å²) in [5, 5.41) is 2.85. The molecule has 88 valence electrons. The fraction of sp³-hybridized carbons (Fsp3) is 0.500. The lowest BCUT2D eigenvalue weighted by atomic mass is 10.2. The Labute approximate surface area is 101 Å². The maximum Gasteiger partial charge on any atom is 0.270 e. The van der Waals surface area contributed by atoms with Crippen molar-refractivity contribution in [2.45, 2.75) is 26.2 Å². The monoisotopic (exact) mass is 240 g/mol. The van der Waals surface area contributed by atoms with Crippen molar-refractivity contribution < 1.29 is 4.79 Å². The molecule has 0 fully saturated rings. The molecule has 1 aromatic heterocycles. The first kappa shape index (κ1) is 13.0. The number of carbonyl (C=O) groups is 1. The Bertz CT molecular complexity index is 342. The van der Waals surface area contributed by atoms with E-state index in [4.69, 9.17) is 11.6 Å². The number of carbonyl (C=O) groups excluding carboxylic acids is 1. The van der Waals surface area contributed by atoms with Crippen molar-refractivity contribution in [2.75, 3.05) is 12.4 Å². The van der Waals surface area contributed by atoms with Crippen molar-refractivity contribution in [3.8, 4) is 0 Å². The molecule has 0 saturated carbocycles. The Kier molecular flexibility index (Phi) is 5.86.